The van der Waals surface area contributed by atoms with Gasteiger partial charge in [-0.15, -0.1) is 0 Å². The van der Waals surface area contributed by atoms with Gasteiger partial charge in [0.1, 0.15) is 0 Å². The van der Waals surface area contributed by atoms with Gasteiger partial charge in [-0.25, -0.2) is 0 Å². The van der Waals surface area contributed by atoms with Crippen molar-refractivity contribution in [1.82, 2.24) is 15.1 Å². The van der Waals surface area contributed by atoms with Gasteiger partial charge in [0.15, 0.2) is 0 Å². The summed E-state index contributed by atoms with van der Waals surface area (Å²) in [5, 5.41) is 3.05. The number of hydrogen-bond acceptors (Lipinski definition) is 4. The summed E-state index contributed by atoms with van der Waals surface area (Å²) in [5.74, 6) is 0.153. The van der Waals surface area contributed by atoms with E-state index in [0.717, 1.165) is 58.6 Å². The summed E-state index contributed by atoms with van der Waals surface area (Å²) in [6, 6.07) is 0.342. The van der Waals surface area contributed by atoms with Crippen LogP contribution in [0.25, 0.3) is 0 Å². The van der Waals surface area contributed by atoms with Gasteiger partial charge in [-0.2, -0.15) is 0 Å². The first-order valence-corrected chi connectivity index (χ1v) is 9.62. The summed E-state index contributed by atoms with van der Waals surface area (Å²) >= 11 is 0. The second-order valence-corrected chi connectivity index (χ2v) is 7.37. The lowest BCUT2D eigenvalue weighted by Gasteiger charge is -2.35. The van der Waals surface area contributed by atoms with Gasteiger partial charge in [0.05, 0.1) is 6.10 Å². The van der Waals surface area contributed by atoms with E-state index in [4.69, 9.17) is 4.74 Å². The van der Waals surface area contributed by atoms with Crippen molar-refractivity contribution in [2.24, 2.45) is 0 Å². The van der Waals surface area contributed by atoms with E-state index < -0.39 is 0 Å². The largest absolute Gasteiger partial charge is 0.377 e. The molecule has 24 heavy (non-hydrogen) atoms. The first-order chi connectivity index (χ1) is 11.7. The van der Waals surface area contributed by atoms with Crippen LogP contribution in [0, 0.1) is 0 Å². The number of ether oxygens (including phenoxy) is 1. The van der Waals surface area contributed by atoms with Gasteiger partial charge in [0.2, 0.25) is 11.8 Å². The molecule has 0 aromatic carbocycles. The Balaban J connectivity index is 1.30. The molecule has 2 heterocycles. The van der Waals surface area contributed by atoms with Crippen molar-refractivity contribution < 1.29 is 14.3 Å². The van der Waals surface area contributed by atoms with Crippen LogP contribution in [0.3, 0.4) is 0 Å². The highest BCUT2D eigenvalue weighted by Gasteiger charge is 2.25. The van der Waals surface area contributed by atoms with Crippen LogP contribution < -0.4 is 5.32 Å². The van der Waals surface area contributed by atoms with E-state index in [1.807, 2.05) is 4.90 Å². The predicted molar refractivity (Wildman–Crippen MR) is 91.6 cm³/mol. The minimum atomic E-state index is 0.0345. The van der Waals surface area contributed by atoms with Gasteiger partial charge in [-0.05, 0) is 25.7 Å². The maximum Gasteiger partial charge on any atom is 0.223 e. The summed E-state index contributed by atoms with van der Waals surface area (Å²) < 4.78 is 5.68. The lowest BCUT2D eigenvalue weighted by molar-refractivity contribution is -0.135. The zero-order valence-electron chi connectivity index (χ0n) is 14.7. The molecule has 3 aliphatic rings. The van der Waals surface area contributed by atoms with Crippen LogP contribution in [0.1, 0.15) is 51.4 Å². The Hall–Kier alpha value is -1.14. The van der Waals surface area contributed by atoms with Crippen molar-refractivity contribution in [1.29, 1.82) is 0 Å². The molecule has 1 N–H and O–H groups in total. The van der Waals surface area contributed by atoms with Crippen molar-refractivity contribution in [3.63, 3.8) is 0 Å². The fraction of sp³-hybridized carbons (Fsp3) is 0.889. The average molecular weight is 337 g/mol. The van der Waals surface area contributed by atoms with E-state index >= 15 is 0 Å². The zero-order valence-corrected chi connectivity index (χ0v) is 14.7. The number of rotatable bonds is 6. The Morgan fingerprint density at radius 2 is 1.71 bits per heavy atom. The van der Waals surface area contributed by atoms with E-state index in [9.17, 15) is 9.59 Å². The molecule has 136 valence electrons. The number of hydrogen-bond donors (Lipinski definition) is 1. The summed E-state index contributed by atoms with van der Waals surface area (Å²) in [5.41, 5.74) is 0. The average Bonchev–Trinajstić information content (AvgIpc) is 3.27. The first-order valence-electron chi connectivity index (χ1n) is 9.62. The van der Waals surface area contributed by atoms with Gasteiger partial charge in [0.25, 0.3) is 0 Å². The number of nitrogens with one attached hydrogen (secondary N) is 1. The predicted octanol–water partition coefficient (Wildman–Crippen LogP) is 1.15. The highest BCUT2D eigenvalue weighted by Crippen LogP contribution is 2.18. The number of piperazine rings is 1. The Morgan fingerprint density at radius 1 is 0.958 bits per heavy atom. The SMILES string of the molecule is O=C(CCC(=O)N1CCN(C[C@H]2CCCO2)CC1)NC1CCCC1. The molecule has 3 rings (SSSR count). The van der Waals surface area contributed by atoms with Crippen LogP contribution in [-0.2, 0) is 14.3 Å². The second-order valence-electron chi connectivity index (χ2n) is 7.37. The molecule has 1 aliphatic carbocycles. The smallest absolute Gasteiger partial charge is 0.223 e. The molecule has 6 heteroatoms. The van der Waals surface area contributed by atoms with Crippen molar-refractivity contribution in [3.05, 3.63) is 0 Å². The number of amides is 2. The minimum absolute atomic E-state index is 0.0345. The molecule has 0 radical (unpaired) electrons. The van der Waals surface area contributed by atoms with Gasteiger partial charge >= 0.3 is 0 Å². The molecule has 0 spiro atoms. The molecular formula is C18H31N3O3. The molecule has 2 saturated heterocycles. The zero-order chi connectivity index (χ0) is 16.8. The third-order valence-corrected chi connectivity index (χ3v) is 5.50. The molecular weight excluding hydrogens is 306 g/mol. The maximum atomic E-state index is 12.3. The third kappa shape index (κ3) is 5.18. The third-order valence-electron chi connectivity index (χ3n) is 5.50. The summed E-state index contributed by atoms with van der Waals surface area (Å²) in [6.07, 6.45) is 7.97. The summed E-state index contributed by atoms with van der Waals surface area (Å²) in [6.45, 7) is 5.27. The quantitative estimate of drug-likeness (QED) is 0.790. The number of carbonyl (C=O) groups excluding carboxylic acids is 2. The van der Waals surface area contributed by atoms with E-state index in [1.165, 1.54) is 19.3 Å². The van der Waals surface area contributed by atoms with Crippen LogP contribution in [-0.4, -0.2) is 73.1 Å². The summed E-state index contributed by atoms with van der Waals surface area (Å²) in [4.78, 5) is 28.5. The monoisotopic (exact) mass is 337 g/mol. The molecule has 0 unspecified atom stereocenters. The molecule has 1 saturated carbocycles. The summed E-state index contributed by atoms with van der Waals surface area (Å²) in [7, 11) is 0. The van der Waals surface area contributed by atoms with Crippen molar-refractivity contribution in [2.75, 3.05) is 39.3 Å². The van der Waals surface area contributed by atoms with E-state index in [-0.39, 0.29) is 11.8 Å². The minimum Gasteiger partial charge on any atom is -0.377 e. The lowest BCUT2D eigenvalue weighted by atomic mass is 10.2. The van der Waals surface area contributed by atoms with E-state index in [1.54, 1.807) is 0 Å². The lowest BCUT2D eigenvalue weighted by Crippen LogP contribution is -2.50. The van der Waals surface area contributed by atoms with Crippen molar-refractivity contribution >= 4 is 11.8 Å². The van der Waals surface area contributed by atoms with E-state index in [0.29, 0.717) is 25.0 Å². The van der Waals surface area contributed by atoms with Crippen LogP contribution in [0.4, 0.5) is 0 Å². The highest BCUT2D eigenvalue weighted by atomic mass is 16.5. The Kier molecular flexibility index (Phi) is 6.49. The van der Waals surface area contributed by atoms with Crippen LogP contribution in [0.5, 0.6) is 0 Å². The Morgan fingerprint density at radius 3 is 2.38 bits per heavy atom. The highest BCUT2D eigenvalue weighted by molar-refractivity contribution is 5.84. The van der Waals surface area contributed by atoms with Gasteiger partial charge in [0, 0.05) is 58.2 Å². The molecule has 3 fully saturated rings. The molecule has 1 atom stereocenters. The molecule has 0 bridgehead atoms. The fourth-order valence-electron chi connectivity index (χ4n) is 4.00. The standard InChI is InChI=1S/C18H31N3O3/c22-17(19-15-4-1-2-5-15)7-8-18(23)21-11-9-20(10-12-21)14-16-6-3-13-24-16/h15-16H,1-14H2,(H,19,22)/t16-/m1/s1. The van der Waals surface area contributed by atoms with Crippen LogP contribution >= 0.6 is 0 Å². The molecule has 2 aliphatic heterocycles. The molecule has 6 nitrogen and oxygen atoms in total. The first kappa shape index (κ1) is 17.7. The van der Waals surface area contributed by atoms with Crippen molar-refractivity contribution in [2.45, 2.75) is 63.5 Å². The molecule has 0 aromatic heterocycles. The van der Waals surface area contributed by atoms with E-state index in [2.05, 4.69) is 10.2 Å². The van der Waals surface area contributed by atoms with Crippen LogP contribution in [0.15, 0.2) is 0 Å². The second kappa shape index (κ2) is 8.81. The van der Waals surface area contributed by atoms with Crippen molar-refractivity contribution in [3.8, 4) is 0 Å². The fourth-order valence-corrected chi connectivity index (χ4v) is 4.00. The molecule has 0 aromatic rings. The van der Waals surface area contributed by atoms with Gasteiger partial charge in [-0.1, -0.05) is 12.8 Å². The topological polar surface area (TPSA) is 61.9 Å². The Labute approximate surface area is 144 Å². The molecule has 2 amide bonds. The Bertz CT molecular complexity index is 423. The normalized spacial score (nSPS) is 26.0. The van der Waals surface area contributed by atoms with Crippen LogP contribution in [0.2, 0.25) is 0 Å². The van der Waals surface area contributed by atoms with Gasteiger partial charge < -0.3 is 15.0 Å². The maximum absolute atomic E-state index is 12.3. The number of carbonyl (C=O) groups is 2. The number of nitrogens with zero attached hydrogens (tertiary/aromatic N) is 2. The van der Waals surface area contributed by atoms with Gasteiger partial charge in [-0.3, -0.25) is 14.5 Å².